The van der Waals surface area contributed by atoms with Gasteiger partial charge in [0.15, 0.2) is 5.96 Å². The van der Waals surface area contributed by atoms with Crippen LogP contribution in [0.2, 0.25) is 0 Å². The van der Waals surface area contributed by atoms with Crippen molar-refractivity contribution in [2.24, 2.45) is 4.99 Å². The topological polar surface area (TPSA) is 61.7 Å². The SMILES string of the molecule is CN=C(NCCCCn1ccccc1=O)NCC1(N2CCCCC2)CCCCC1.I. The summed E-state index contributed by atoms with van der Waals surface area (Å²) in [4.78, 5) is 19.0. The van der Waals surface area contributed by atoms with Gasteiger partial charge in [0, 0.05) is 44.5 Å². The molecule has 1 saturated carbocycles. The van der Waals surface area contributed by atoms with E-state index in [9.17, 15) is 4.79 Å². The molecular weight excluding hydrogens is 489 g/mol. The summed E-state index contributed by atoms with van der Waals surface area (Å²) in [5, 5.41) is 7.10. The van der Waals surface area contributed by atoms with Gasteiger partial charge in [0.05, 0.1) is 0 Å². The smallest absolute Gasteiger partial charge is 0.250 e. The van der Waals surface area contributed by atoms with Crippen molar-refractivity contribution in [3.8, 4) is 0 Å². The number of aryl methyl sites for hydroxylation is 1. The molecule has 1 aromatic rings. The van der Waals surface area contributed by atoms with E-state index in [-0.39, 0.29) is 29.5 Å². The lowest BCUT2D eigenvalue weighted by atomic mass is 9.79. The second-order valence-corrected chi connectivity index (χ2v) is 8.62. The number of aliphatic imine (C=N–C) groups is 1. The van der Waals surface area contributed by atoms with E-state index in [4.69, 9.17) is 0 Å². The van der Waals surface area contributed by atoms with Gasteiger partial charge in [0.1, 0.15) is 0 Å². The molecule has 0 radical (unpaired) electrons. The van der Waals surface area contributed by atoms with Crippen molar-refractivity contribution < 1.29 is 0 Å². The maximum absolute atomic E-state index is 11.7. The number of piperidine rings is 1. The molecule has 6 nitrogen and oxygen atoms in total. The molecule has 0 spiro atoms. The highest BCUT2D eigenvalue weighted by atomic mass is 127. The average Bonchev–Trinajstić information content (AvgIpc) is 2.78. The normalized spacial score (nSPS) is 19.7. The number of nitrogens with zero attached hydrogens (tertiary/aromatic N) is 3. The minimum atomic E-state index is 0. The molecule has 2 aliphatic rings. The van der Waals surface area contributed by atoms with Crippen molar-refractivity contribution in [3.63, 3.8) is 0 Å². The largest absolute Gasteiger partial charge is 0.356 e. The fourth-order valence-corrected chi connectivity index (χ4v) is 4.91. The van der Waals surface area contributed by atoms with E-state index in [2.05, 4.69) is 20.5 Å². The Labute approximate surface area is 198 Å². The second kappa shape index (κ2) is 13.3. The first-order valence-electron chi connectivity index (χ1n) is 11.6. The predicted octanol–water partition coefficient (Wildman–Crippen LogP) is 3.60. The number of guanidine groups is 1. The van der Waals surface area contributed by atoms with Gasteiger partial charge in [-0.05, 0) is 57.7 Å². The van der Waals surface area contributed by atoms with E-state index in [1.807, 2.05) is 19.3 Å². The minimum absolute atomic E-state index is 0. The molecular formula is C23H40IN5O. The minimum Gasteiger partial charge on any atom is -0.356 e. The molecule has 1 aliphatic heterocycles. The Morgan fingerprint density at radius 2 is 1.77 bits per heavy atom. The van der Waals surface area contributed by atoms with Gasteiger partial charge in [-0.25, -0.2) is 0 Å². The predicted molar refractivity (Wildman–Crippen MR) is 136 cm³/mol. The van der Waals surface area contributed by atoms with Crippen LogP contribution in [-0.4, -0.2) is 54.2 Å². The molecule has 30 heavy (non-hydrogen) atoms. The lowest BCUT2D eigenvalue weighted by Gasteiger charge is -2.48. The summed E-state index contributed by atoms with van der Waals surface area (Å²) in [7, 11) is 1.85. The Balaban J connectivity index is 0.00000320. The number of rotatable bonds is 8. The van der Waals surface area contributed by atoms with Crippen LogP contribution in [0.25, 0.3) is 0 Å². The summed E-state index contributed by atoms with van der Waals surface area (Å²) in [5.74, 6) is 0.906. The number of aromatic nitrogens is 1. The summed E-state index contributed by atoms with van der Waals surface area (Å²) in [6.45, 7) is 5.15. The van der Waals surface area contributed by atoms with E-state index in [1.165, 1.54) is 64.5 Å². The van der Waals surface area contributed by atoms with Crippen LogP contribution in [0, 0.1) is 0 Å². The van der Waals surface area contributed by atoms with Gasteiger partial charge in [-0.15, -0.1) is 24.0 Å². The first kappa shape index (κ1) is 25.2. The molecule has 1 saturated heterocycles. The van der Waals surface area contributed by atoms with Crippen LogP contribution in [-0.2, 0) is 6.54 Å². The molecule has 2 heterocycles. The summed E-state index contributed by atoms with van der Waals surface area (Å²) in [6, 6.07) is 5.32. The molecule has 3 rings (SSSR count). The van der Waals surface area contributed by atoms with E-state index in [1.54, 1.807) is 16.7 Å². The van der Waals surface area contributed by atoms with Gasteiger partial charge in [-0.3, -0.25) is 14.7 Å². The fourth-order valence-electron chi connectivity index (χ4n) is 4.91. The number of pyridine rings is 1. The molecule has 1 aliphatic carbocycles. The second-order valence-electron chi connectivity index (χ2n) is 8.62. The molecule has 1 aromatic heterocycles. The zero-order chi connectivity index (χ0) is 20.4. The third kappa shape index (κ3) is 7.25. The van der Waals surface area contributed by atoms with Gasteiger partial charge >= 0.3 is 0 Å². The highest BCUT2D eigenvalue weighted by Gasteiger charge is 2.38. The van der Waals surface area contributed by atoms with Crippen LogP contribution in [0.5, 0.6) is 0 Å². The zero-order valence-corrected chi connectivity index (χ0v) is 20.9. The number of nitrogens with one attached hydrogen (secondary N) is 2. The third-order valence-electron chi connectivity index (χ3n) is 6.64. The first-order chi connectivity index (χ1) is 14.2. The highest BCUT2D eigenvalue weighted by molar-refractivity contribution is 14.0. The van der Waals surface area contributed by atoms with Gasteiger partial charge in [0.2, 0.25) is 5.56 Å². The number of hydrogen-bond acceptors (Lipinski definition) is 3. The van der Waals surface area contributed by atoms with Crippen LogP contribution in [0.1, 0.15) is 64.2 Å². The quantitative estimate of drug-likeness (QED) is 0.234. The Kier molecular flexibility index (Phi) is 11.2. The average molecular weight is 530 g/mol. The molecule has 0 amide bonds. The monoisotopic (exact) mass is 529 g/mol. The van der Waals surface area contributed by atoms with Crippen molar-refractivity contribution in [2.75, 3.05) is 33.2 Å². The van der Waals surface area contributed by atoms with Crippen LogP contribution in [0.4, 0.5) is 0 Å². The van der Waals surface area contributed by atoms with E-state index in [0.29, 0.717) is 5.54 Å². The third-order valence-corrected chi connectivity index (χ3v) is 6.64. The van der Waals surface area contributed by atoms with E-state index >= 15 is 0 Å². The Morgan fingerprint density at radius 3 is 2.47 bits per heavy atom. The van der Waals surface area contributed by atoms with Crippen molar-refractivity contribution >= 4 is 29.9 Å². The van der Waals surface area contributed by atoms with Crippen LogP contribution < -0.4 is 16.2 Å². The molecule has 0 bridgehead atoms. The molecule has 7 heteroatoms. The van der Waals surface area contributed by atoms with Crippen LogP contribution in [0.15, 0.2) is 34.2 Å². The number of halogens is 1. The molecule has 0 aromatic carbocycles. The van der Waals surface area contributed by atoms with Gasteiger partial charge in [-0.1, -0.05) is 31.7 Å². The summed E-state index contributed by atoms with van der Waals surface area (Å²) in [6.07, 6.45) is 14.6. The summed E-state index contributed by atoms with van der Waals surface area (Å²) >= 11 is 0. The lowest BCUT2D eigenvalue weighted by molar-refractivity contribution is 0.0368. The van der Waals surface area contributed by atoms with Gasteiger partial charge < -0.3 is 15.2 Å². The van der Waals surface area contributed by atoms with E-state index < -0.39 is 0 Å². The van der Waals surface area contributed by atoms with Crippen molar-refractivity contribution in [2.45, 2.75) is 76.3 Å². The molecule has 0 unspecified atom stereocenters. The van der Waals surface area contributed by atoms with Gasteiger partial charge in [0.25, 0.3) is 0 Å². The summed E-state index contributed by atoms with van der Waals surface area (Å²) < 4.78 is 1.78. The molecule has 2 fully saturated rings. The maximum atomic E-state index is 11.7. The summed E-state index contributed by atoms with van der Waals surface area (Å²) in [5.41, 5.74) is 0.388. The Hall–Kier alpha value is -1.09. The van der Waals surface area contributed by atoms with Crippen molar-refractivity contribution in [3.05, 3.63) is 34.7 Å². The van der Waals surface area contributed by atoms with Crippen LogP contribution in [0.3, 0.4) is 0 Å². The van der Waals surface area contributed by atoms with Gasteiger partial charge in [-0.2, -0.15) is 0 Å². The maximum Gasteiger partial charge on any atom is 0.250 e. The number of hydrogen-bond donors (Lipinski definition) is 2. The Bertz CT molecular complexity index is 693. The van der Waals surface area contributed by atoms with Crippen molar-refractivity contribution in [1.29, 1.82) is 0 Å². The van der Waals surface area contributed by atoms with Crippen molar-refractivity contribution in [1.82, 2.24) is 20.1 Å². The van der Waals surface area contributed by atoms with Crippen LogP contribution >= 0.6 is 24.0 Å². The first-order valence-corrected chi connectivity index (χ1v) is 11.6. The number of likely N-dealkylation sites (tertiary alicyclic amines) is 1. The number of unbranched alkanes of at least 4 members (excludes halogenated alkanes) is 1. The highest BCUT2D eigenvalue weighted by Crippen LogP contribution is 2.35. The molecule has 0 atom stereocenters. The molecule has 2 N–H and O–H groups in total. The zero-order valence-electron chi connectivity index (χ0n) is 18.6. The van der Waals surface area contributed by atoms with E-state index in [0.717, 1.165) is 38.4 Å². The standard InChI is InChI=1S/C23H39N5O.HI/c1-24-22(25-15-7-11-17-27-16-10-4-12-21(27)29)26-20-23(13-5-2-6-14-23)28-18-8-3-9-19-28;/h4,10,12,16H,2-3,5-9,11,13-15,17-20H2,1H3,(H2,24,25,26);1H. The lowest BCUT2D eigenvalue weighted by Crippen LogP contribution is -2.59. The molecule has 170 valence electrons. The fraction of sp³-hybridized carbons (Fsp3) is 0.739. The Morgan fingerprint density at radius 1 is 1.03 bits per heavy atom.